The summed E-state index contributed by atoms with van der Waals surface area (Å²) in [5.41, 5.74) is 0. The fourth-order valence-corrected chi connectivity index (χ4v) is 1.90. The molecule has 0 bridgehead atoms. The normalized spacial score (nSPS) is 18.4. The van der Waals surface area contributed by atoms with Crippen molar-refractivity contribution < 1.29 is 5.11 Å². The fourth-order valence-electron chi connectivity index (χ4n) is 1.90. The lowest BCUT2D eigenvalue weighted by Gasteiger charge is -2.17. The molecule has 1 aliphatic rings. The highest BCUT2D eigenvalue weighted by atomic mass is 16.3. The third kappa shape index (κ3) is 1.95. The molecule has 4 heteroatoms. The molecular weight excluding hydrogens is 178 g/mol. The van der Waals surface area contributed by atoms with E-state index in [1.165, 1.54) is 19.3 Å². The van der Waals surface area contributed by atoms with Gasteiger partial charge in [0.05, 0.1) is 0 Å². The average molecular weight is 195 g/mol. The van der Waals surface area contributed by atoms with Gasteiger partial charge in [0.25, 0.3) is 0 Å². The summed E-state index contributed by atoms with van der Waals surface area (Å²) in [6.07, 6.45) is 6.77. The molecule has 4 nitrogen and oxygen atoms in total. The smallest absolute Gasteiger partial charge is 0.158 e. The largest absolute Gasteiger partial charge is 0.388 e. The number of hydrogen-bond donors (Lipinski definition) is 1. The molecule has 1 heterocycles. The standard InChI is InChI=1S/C10H17N3O/c1-2-9(5-8-3-4-8)13-7-11-12-10(13)6-14/h7-9,14H,2-6H2,1H3. The van der Waals surface area contributed by atoms with Crippen LogP contribution >= 0.6 is 0 Å². The maximum Gasteiger partial charge on any atom is 0.158 e. The van der Waals surface area contributed by atoms with E-state index in [2.05, 4.69) is 17.1 Å². The molecule has 1 unspecified atom stereocenters. The minimum Gasteiger partial charge on any atom is -0.388 e. The summed E-state index contributed by atoms with van der Waals surface area (Å²) in [5, 5.41) is 16.8. The SMILES string of the molecule is CCC(CC1CC1)n1cnnc1CO. The van der Waals surface area contributed by atoms with Crippen molar-refractivity contribution in [2.24, 2.45) is 5.92 Å². The van der Waals surface area contributed by atoms with Gasteiger partial charge in [0.1, 0.15) is 12.9 Å². The van der Waals surface area contributed by atoms with E-state index in [1.54, 1.807) is 6.33 Å². The molecule has 78 valence electrons. The number of hydrogen-bond acceptors (Lipinski definition) is 3. The minimum atomic E-state index is -0.0127. The van der Waals surface area contributed by atoms with Crippen molar-refractivity contribution in [3.63, 3.8) is 0 Å². The molecule has 1 aromatic rings. The van der Waals surface area contributed by atoms with E-state index in [0.717, 1.165) is 12.3 Å². The van der Waals surface area contributed by atoms with E-state index >= 15 is 0 Å². The van der Waals surface area contributed by atoms with Gasteiger partial charge in [-0.3, -0.25) is 0 Å². The predicted molar refractivity (Wildman–Crippen MR) is 52.6 cm³/mol. The molecule has 1 N–H and O–H groups in total. The molecular formula is C10H17N3O. The van der Waals surface area contributed by atoms with Gasteiger partial charge in [-0.15, -0.1) is 10.2 Å². The summed E-state index contributed by atoms with van der Waals surface area (Å²) < 4.78 is 2.03. The first-order valence-corrected chi connectivity index (χ1v) is 5.34. The maximum atomic E-state index is 9.08. The molecule has 0 aromatic carbocycles. The molecule has 0 radical (unpaired) electrons. The Morgan fingerprint density at radius 3 is 3.00 bits per heavy atom. The number of aromatic nitrogens is 3. The zero-order valence-electron chi connectivity index (χ0n) is 8.56. The second-order valence-corrected chi connectivity index (χ2v) is 4.05. The third-order valence-corrected chi connectivity index (χ3v) is 2.96. The first kappa shape index (κ1) is 9.65. The maximum absolute atomic E-state index is 9.08. The number of aliphatic hydroxyl groups excluding tert-OH is 1. The van der Waals surface area contributed by atoms with Crippen molar-refractivity contribution in [3.05, 3.63) is 12.2 Å². The molecule has 0 spiro atoms. The van der Waals surface area contributed by atoms with Crippen LogP contribution in [0, 0.1) is 5.92 Å². The van der Waals surface area contributed by atoms with Crippen LogP contribution in [0.5, 0.6) is 0 Å². The van der Waals surface area contributed by atoms with Gasteiger partial charge in [-0.2, -0.15) is 0 Å². The number of rotatable bonds is 5. The van der Waals surface area contributed by atoms with Gasteiger partial charge in [-0.05, 0) is 18.8 Å². The van der Waals surface area contributed by atoms with Crippen molar-refractivity contribution in [3.8, 4) is 0 Å². The van der Waals surface area contributed by atoms with E-state index in [0.29, 0.717) is 11.9 Å². The molecule has 1 saturated carbocycles. The Kier molecular flexibility index (Phi) is 2.82. The summed E-state index contributed by atoms with van der Waals surface area (Å²) in [5.74, 6) is 1.59. The van der Waals surface area contributed by atoms with Crippen LogP contribution in [0.1, 0.15) is 44.5 Å². The van der Waals surface area contributed by atoms with E-state index in [9.17, 15) is 0 Å². The molecule has 2 rings (SSSR count). The Bertz CT molecular complexity index is 293. The molecule has 0 amide bonds. The van der Waals surface area contributed by atoms with Gasteiger partial charge in [0.2, 0.25) is 0 Å². The van der Waals surface area contributed by atoms with Crippen LogP contribution in [0.25, 0.3) is 0 Å². The van der Waals surface area contributed by atoms with E-state index in [1.807, 2.05) is 4.57 Å². The zero-order valence-corrected chi connectivity index (χ0v) is 8.56. The van der Waals surface area contributed by atoms with Gasteiger partial charge >= 0.3 is 0 Å². The second-order valence-electron chi connectivity index (χ2n) is 4.05. The molecule has 0 saturated heterocycles. The van der Waals surface area contributed by atoms with Crippen LogP contribution in [0.3, 0.4) is 0 Å². The number of nitrogens with zero attached hydrogens (tertiary/aromatic N) is 3. The van der Waals surface area contributed by atoms with E-state index in [4.69, 9.17) is 5.11 Å². The van der Waals surface area contributed by atoms with Crippen LogP contribution in [-0.2, 0) is 6.61 Å². The average Bonchev–Trinajstić information content (AvgIpc) is 2.90. The monoisotopic (exact) mass is 195 g/mol. The fraction of sp³-hybridized carbons (Fsp3) is 0.800. The molecule has 1 aliphatic carbocycles. The second kappa shape index (κ2) is 4.09. The molecule has 14 heavy (non-hydrogen) atoms. The van der Waals surface area contributed by atoms with Gasteiger partial charge in [0, 0.05) is 6.04 Å². The van der Waals surface area contributed by atoms with Gasteiger partial charge in [-0.1, -0.05) is 19.8 Å². The van der Waals surface area contributed by atoms with Crippen molar-refractivity contribution in [1.29, 1.82) is 0 Å². The van der Waals surface area contributed by atoms with Crippen molar-refractivity contribution in [1.82, 2.24) is 14.8 Å². The van der Waals surface area contributed by atoms with E-state index < -0.39 is 0 Å². The van der Waals surface area contributed by atoms with Crippen LogP contribution in [0.2, 0.25) is 0 Å². The van der Waals surface area contributed by atoms with Crippen LogP contribution in [-0.4, -0.2) is 19.9 Å². The van der Waals surface area contributed by atoms with Gasteiger partial charge < -0.3 is 9.67 Å². The van der Waals surface area contributed by atoms with Crippen molar-refractivity contribution >= 4 is 0 Å². The minimum absolute atomic E-state index is 0.0127. The van der Waals surface area contributed by atoms with Crippen LogP contribution in [0.4, 0.5) is 0 Å². The Morgan fingerprint density at radius 2 is 2.43 bits per heavy atom. The third-order valence-electron chi connectivity index (χ3n) is 2.96. The topological polar surface area (TPSA) is 50.9 Å². The number of aliphatic hydroxyl groups is 1. The lowest BCUT2D eigenvalue weighted by atomic mass is 10.1. The molecule has 1 fully saturated rings. The predicted octanol–water partition coefficient (Wildman–Crippen LogP) is 1.52. The van der Waals surface area contributed by atoms with Crippen LogP contribution < -0.4 is 0 Å². The van der Waals surface area contributed by atoms with Gasteiger partial charge in [-0.25, -0.2) is 0 Å². The highest BCUT2D eigenvalue weighted by molar-refractivity contribution is 4.89. The van der Waals surface area contributed by atoms with Crippen LogP contribution in [0.15, 0.2) is 6.33 Å². The summed E-state index contributed by atoms with van der Waals surface area (Å²) in [4.78, 5) is 0. The summed E-state index contributed by atoms with van der Waals surface area (Å²) >= 11 is 0. The van der Waals surface area contributed by atoms with Crippen molar-refractivity contribution in [2.75, 3.05) is 0 Å². The zero-order chi connectivity index (χ0) is 9.97. The first-order chi connectivity index (χ1) is 6.85. The van der Waals surface area contributed by atoms with Gasteiger partial charge in [0.15, 0.2) is 5.82 Å². The Labute approximate surface area is 84.0 Å². The first-order valence-electron chi connectivity index (χ1n) is 5.34. The molecule has 1 atom stereocenters. The lowest BCUT2D eigenvalue weighted by molar-refractivity contribution is 0.256. The van der Waals surface area contributed by atoms with Crippen molar-refractivity contribution in [2.45, 2.75) is 45.3 Å². The lowest BCUT2D eigenvalue weighted by Crippen LogP contribution is -2.11. The Morgan fingerprint density at radius 1 is 1.64 bits per heavy atom. The molecule has 0 aliphatic heterocycles. The summed E-state index contributed by atoms with van der Waals surface area (Å²) in [7, 11) is 0. The molecule has 1 aromatic heterocycles. The van der Waals surface area contributed by atoms with E-state index in [-0.39, 0.29) is 6.61 Å². The summed E-state index contributed by atoms with van der Waals surface area (Å²) in [6, 6.07) is 0.472. The quantitative estimate of drug-likeness (QED) is 0.775. The highest BCUT2D eigenvalue weighted by Crippen LogP contribution is 2.37. The Balaban J connectivity index is 2.08. The Hall–Kier alpha value is -0.900. The highest BCUT2D eigenvalue weighted by Gasteiger charge is 2.26. The summed E-state index contributed by atoms with van der Waals surface area (Å²) in [6.45, 7) is 2.16.